The molecule has 2 aliphatic rings. The highest BCUT2D eigenvalue weighted by Crippen LogP contribution is 2.45. The monoisotopic (exact) mass is 391 g/mol. The lowest BCUT2D eigenvalue weighted by molar-refractivity contribution is -0.137. The van der Waals surface area contributed by atoms with Gasteiger partial charge in [-0.1, -0.05) is 36.4 Å². The van der Waals surface area contributed by atoms with Gasteiger partial charge >= 0.3 is 5.97 Å². The Morgan fingerprint density at radius 3 is 2.72 bits per heavy atom. The van der Waals surface area contributed by atoms with Crippen LogP contribution in [-0.4, -0.2) is 16.1 Å². The van der Waals surface area contributed by atoms with Gasteiger partial charge in [-0.15, -0.1) is 0 Å². The Morgan fingerprint density at radius 1 is 1.21 bits per heavy atom. The van der Waals surface area contributed by atoms with E-state index in [0.717, 1.165) is 53.6 Å². The van der Waals surface area contributed by atoms with Crippen LogP contribution < -0.4 is 0 Å². The van der Waals surface area contributed by atoms with E-state index in [1.165, 1.54) is 30.7 Å². The topological polar surface area (TPSA) is 50.2 Å². The predicted molar refractivity (Wildman–Crippen MR) is 114 cm³/mol. The van der Waals surface area contributed by atoms with Gasteiger partial charge in [0.1, 0.15) is 5.82 Å². The Kier molecular flexibility index (Phi) is 5.89. The number of rotatable bonds is 8. The fraction of sp³-hybridized carbons (Fsp3) is 0.360. The molecule has 4 heteroatoms. The summed E-state index contributed by atoms with van der Waals surface area (Å²) in [6.45, 7) is 0. The first-order chi connectivity index (χ1) is 14.1. The molecule has 2 aliphatic carbocycles. The average molecular weight is 391 g/mol. The van der Waals surface area contributed by atoms with Crippen molar-refractivity contribution in [2.45, 2.75) is 57.3 Å². The standard InChI is InChI=1S/C25H26FNO2/c26-19-15-13-17(14-16-19)24-20-7-5-6-9-22(20)27-25(18-11-12-18)21(24)8-3-1-2-4-10-23(28)29/h3,5,7-8,13-16,18H,1-2,4,6,9-12H2,(H,28,29)/b8-3+. The number of fused-ring (bicyclic) bond motifs is 1. The second-order valence-corrected chi connectivity index (χ2v) is 7.91. The highest BCUT2D eigenvalue weighted by molar-refractivity contribution is 5.85. The van der Waals surface area contributed by atoms with Gasteiger partial charge in [0.05, 0.1) is 5.69 Å². The van der Waals surface area contributed by atoms with Gasteiger partial charge in [-0.25, -0.2) is 4.39 Å². The van der Waals surface area contributed by atoms with Crippen molar-refractivity contribution >= 4 is 18.1 Å². The number of halogens is 1. The summed E-state index contributed by atoms with van der Waals surface area (Å²) in [5.74, 6) is -0.462. The van der Waals surface area contributed by atoms with Crippen LogP contribution in [0.15, 0.2) is 36.4 Å². The molecular formula is C25H26FNO2. The fourth-order valence-electron chi connectivity index (χ4n) is 3.98. The molecule has 3 nitrogen and oxygen atoms in total. The molecule has 29 heavy (non-hydrogen) atoms. The molecular weight excluding hydrogens is 365 g/mol. The maximum absolute atomic E-state index is 13.6. The van der Waals surface area contributed by atoms with Crippen LogP contribution in [-0.2, 0) is 11.2 Å². The zero-order valence-corrected chi connectivity index (χ0v) is 16.5. The van der Waals surface area contributed by atoms with Crippen LogP contribution in [0.3, 0.4) is 0 Å². The zero-order chi connectivity index (χ0) is 20.2. The molecule has 1 fully saturated rings. The van der Waals surface area contributed by atoms with Crippen molar-refractivity contribution in [3.05, 3.63) is 64.7 Å². The van der Waals surface area contributed by atoms with Crippen LogP contribution in [0.5, 0.6) is 0 Å². The number of pyridine rings is 1. The summed E-state index contributed by atoms with van der Waals surface area (Å²) in [6.07, 6.45) is 15.5. The SMILES string of the molecule is O=C(O)CCCC/C=C/c1c(C2CC2)nc2c(c1-c1ccc(F)cc1)C=CCC2. The van der Waals surface area contributed by atoms with E-state index in [9.17, 15) is 9.18 Å². The smallest absolute Gasteiger partial charge is 0.303 e. The number of allylic oxidation sites excluding steroid dienone is 2. The van der Waals surface area contributed by atoms with Crippen LogP contribution >= 0.6 is 0 Å². The second-order valence-electron chi connectivity index (χ2n) is 7.91. The molecule has 0 unspecified atom stereocenters. The Hall–Kier alpha value is -2.75. The van der Waals surface area contributed by atoms with Crippen LogP contribution in [0, 0.1) is 5.82 Å². The maximum atomic E-state index is 13.6. The molecule has 4 rings (SSSR count). The Labute approximate surface area is 171 Å². The number of aryl methyl sites for hydroxylation is 1. The molecule has 0 aliphatic heterocycles. The summed E-state index contributed by atoms with van der Waals surface area (Å²) in [5, 5.41) is 8.79. The van der Waals surface area contributed by atoms with Crippen molar-refractivity contribution in [1.29, 1.82) is 0 Å². The van der Waals surface area contributed by atoms with Gasteiger partial charge in [0.2, 0.25) is 0 Å². The van der Waals surface area contributed by atoms with Crippen molar-refractivity contribution in [2.24, 2.45) is 0 Å². The van der Waals surface area contributed by atoms with Crippen molar-refractivity contribution in [3.63, 3.8) is 0 Å². The third kappa shape index (κ3) is 4.64. The average Bonchev–Trinajstić information content (AvgIpc) is 3.55. The minimum atomic E-state index is -0.741. The minimum absolute atomic E-state index is 0.215. The van der Waals surface area contributed by atoms with Gasteiger partial charge < -0.3 is 5.11 Å². The lowest BCUT2D eigenvalue weighted by Gasteiger charge is -2.21. The Balaban J connectivity index is 1.72. The minimum Gasteiger partial charge on any atom is -0.481 e. The molecule has 1 N–H and O–H groups in total. The maximum Gasteiger partial charge on any atom is 0.303 e. The van der Waals surface area contributed by atoms with Crippen LogP contribution in [0.2, 0.25) is 0 Å². The Bertz CT molecular complexity index is 956. The number of carboxylic acids is 1. The van der Waals surface area contributed by atoms with E-state index in [0.29, 0.717) is 12.3 Å². The molecule has 0 amide bonds. The van der Waals surface area contributed by atoms with Crippen molar-refractivity contribution < 1.29 is 14.3 Å². The summed E-state index contributed by atoms with van der Waals surface area (Å²) >= 11 is 0. The Morgan fingerprint density at radius 2 is 2.00 bits per heavy atom. The van der Waals surface area contributed by atoms with Crippen molar-refractivity contribution in [2.75, 3.05) is 0 Å². The number of unbranched alkanes of at least 4 members (excludes halogenated alkanes) is 2. The molecule has 150 valence electrons. The second kappa shape index (κ2) is 8.73. The first-order valence-corrected chi connectivity index (χ1v) is 10.5. The molecule has 1 saturated carbocycles. The van der Waals surface area contributed by atoms with E-state index in [1.807, 2.05) is 12.1 Å². The number of carbonyl (C=O) groups is 1. The van der Waals surface area contributed by atoms with E-state index >= 15 is 0 Å². The first-order valence-electron chi connectivity index (χ1n) is 10.5. The predicted octanol–water partition coefficient (Wildman–Crippen LogP) is 6.38. The number of benzene rings is 1. The zero-order valence-electron chi connectivity index (χ0n) is 16.5. The molecule has 0 bridgehead atoms. The molecule has 1 heterocycles. The van der Waals surface area contributed by atoms with Gasteiger partial charge in [0.15, 0.2) is 0 Å². The van der Waals surface area contributed by atoms with Gasteiger partial charge in [-0.2, -0.15) is 0 Å². The van der Waals surface area contributed by atoms with Crippen LogP contribution in [0.25, 0.3) is 23.3 Å². The van der Waals surface area contributed by atoms with Crippen molar-refractivity contribution in [3.8, 4) is 11.1 Å². The summed E-state index contributed by atoms with van der Waals surface area (Å²) in [7, 11) is 0. The van der Waals surface area contributed by atoms with Crippen LogP contribution in [0.4, 0.5) is 4.39 Å². The van der Waals surface area contributed by atoms with E-state index < -0.39 is 5.97 Å². The molecule has 0 spiro atoms. The molecule has 1 aromatic carbocycles. The number of hydrogen-bond donors (Lipinski definition) is 1. The third-order valence-electron chi connectivity index (χ3n) is 5.61. The molecule has 2 aromatic rings. The van der Waals surface area contributed by atoms with E-state index in [2.05, 4.69) is 24.3 Å². The molecule has 0 saturated heterocycles. The lowest BCUT2D eigenvalue weighted by Crippen LogP contribution is -2.07. The van der Waals surface area contributed by atoms with Crippen LogP contribution in [0.1, 0.15) is 73.4 Å². The summed E-state index contributed by atoms with van der Waals surface area (Å²) in [6, 6.07) is 6.75. The van der Waals surface area contributed by atoms with Gasteiger partial charge in [0, 0.05) is 29.2 Å². The quantitative estimate of drug-likeness (QED) is 0.531. The molecule has 0 radical (unpaired) electrons. The van der Waals surface area contributed by atoms with Gasteiger partial charge in [0.25, 0.3) is 0 Å². The molecule has 1 aromatic heterocycles. The largest absolute Gasteiger partial charge is 0.481 e. The third-order valence-corrected chi connectivity index (χ3v) is 5.61. The highest BCUT2D eigenvalue weighted by Gasteiger charge is 2.30. The van der Waals surface area contributed by atoms with Gasteiger partial charge in [-0.3, -0.25) is 9.78 Å². The number of carboxylic acid groups (broad SMARTS) is 1. The normalized spacial score (nSPS) is 15.6. The molecule has 0 atom stereocenters. The summed E-state index contributed by atoms with van der Waals surface area (Å²) < 4.78 is 13.6. The van der Waals surface area contributed by atoms with E-state index in [4.69, 9.17) is 10.1 Å². The number of hydrogen-bond acceptors (Lipinski definition) is 2. The number of aromatic nitrogens is 1. The van der Waals surface area contributed by atoms with E-state index in [-0.39, 0.29) is 12.2 Å². The summed E-state index contributed by atoms with van der Waals surface area (Å²) in [4.78, 5) is 15.7. The highest BCUT2D eigenvalue weighted by atomic mass is 19.1. The fourth-order valence-corrected chi connectivity index (χ4v) is 3.98. The first kappa shape index (κ1) is 19.6. The van der Waals surface area contributed by atoms with Crippen molar-refractivity contribution in [1.82, 2.24) is 4.98 Å². The van der Waals surface area contributed by atoms with E-state index in [1.54, 1.807) is 0 Å². The van der Waals surface area contributed by atoms with Gasteiger partial charge in [-0.05, 0) is 68.2 Å². The number of aliphatic carboxylic acids is 1. The lowest BCUT2D eigenvalue weighted by atomic mass is 9.87. The summed E-state index contributed by atoms with van der Waals surface area (Å²) in [5.41, 5.74) is 6.77. The number of nitrogens with zero attached hydrogens (tertiary/aromatic N) is 1.